The molecule has 0 aromatic carbocycles. The van der Waals surface area contributed by atoms with Crippen molar-refractivity contribution in [1.82, 2.24) is 0 Å². The molecular formula is C6H15N3Si. The van der Waals surface area contributed by atoms with Gasteiger partial charge in [0, 0.05) is 0 Å². The molecule has 0 amide bonds. The van der Waals surface area contributed by atoms with E-state index < -0.39 is 8.24 Å². The molecule has 0 spiro atoms. The molecule has 0 radical (unpaired) electrons. The van der Waals surface area contributed by atoms with E-state index in [1.54, 1.807) is 0 Å². The highest BCUT2D eigenvalue weighted by molar-refractivity contribution is 6.75. The molecule has 0 aliphatic heterocycles. The summed E-state index contributed by atoms with van der Waals surface area (Å²) in [7, 11) is -1.52. The Morgan fingerprint density at radius 3 is 2.50 bits per heavy atom. The Morgan fingerprint density at radius 2 is 2.10 bits per heavy atom. The summed E-state index contributed by atoms with van der Waals surface area (Å²) in [6, 6.07) is 1.12. The number of hydrogen-bond donors (Lipinski definition) is 0. The molecule has 0 aromatic heterocycles. The first-order chi connectivity index (χ1) is 4.62. The third kappa shape index (κ3) is 4.41. The molecule has 0 N–H and O–H groups in total. The van der Waals surface area contributed by atoms with Crippen LogP contribution in [0.2, 0.25) is 19.1 Å². The second kappa shape index (κ2) is 4.36. The van der Waals surface area contributed by atoms with E-state index in [4.69, 9.17) is 5.53 Å². The normalized spacial score (nSPS) is 10.7. The lowest BCUT2D eigenvalue weighted by Crippen LogP contribution is -2.20. The van der Waals surface area contributed by atoms with E-state index in [0.717, 1.165) is 6.04 Å². The van der Waals surface area contributed by atoms with Crippen molar-refractivity contribution in [2.45, 2.75) is 38.9 Å². The Morgan fingerprint density at radius 1 is 1.50 bits per heavy atom. The molecule has 0 aromatic rings. The van der Waals surface area contributed by atoms with Gasteiger partial charge in [0.05, 0.1) is 0 Å². The third-order valence-electron chi connectivity index (χ3n) is 1.46. The first kappa shape index (κ1) is 9.53. The maximum Gasteiger partial charge on any atom is 0.149 e. The fourth-order valence-corrected chi connectivity index (χ4v) is 2.34. The summed E-state index contributed by atoms with van der Waals surface area (Å²) in [5, 5.41) is 0. The van der Waals surface area contributed by atoms with Crippen molar-refractivity contribution in [3.8, 4) is 0 Å². The molecule has 0 rings (SSSR count). The van der Waals surface area contributed by atoms with E-state index in [1.165, 1.54) is 12.8 Å². The van der Waals surface area contributed by atoms with Crippen LogP contribution >= 0.6 is 0 Å². The van der Waals surface area contributed by atoms with Crippen LogP contribution in [-0.2, 0) is 0 Å². The lowest BCUT2D eigenvalue weighted by atomic mass is 10.4. The van der Waals surface area contributed by atoms with Crippen molar-refractivity contribution in [2.24, 2.45) is 4.78 Å². The van der Waals surface area contributed by atoms with Crippen LogP contribution in [-0.4, -0.2) is 8.24 Å². The van der Waals surface area contributed by atoms with Gasteiger partial charge in [-0.05, 0) is 10.4 Å². The molecule has 0 fully saturated rings. The molecule has 58 valence electrons. The molecule has 0 unspecified atom stereocenters. The predicted molar refractivity (Wildman–Crippen MR) is 46.3 cm³/mol. The van der Waals surface area contributed by atoms with Crippen molar-refractivity contribution in [2.75, 3.05) is 0 Å². The molecule has 0 saturated heterocycles. The Bertz CT molecular complexity index is 138. The van der Waals surface area contributed by atoms with Crippen molar-refractivity contribution in [3.63, 3.8) is 0 Å². The standard InChI is InChI=1S/C6H15N3Si/c1-4-5-6-10(2,3)9-8-7/h4-6H2,1-3H3. The minimum absolute atomic E-state index is 1.12. The highest BCUT2D eigenvalue weighted by Gasteiger charge is 2.17. The van der Waals surface area contributed by atoms with E-state index in [2.05, 4.69) is 29.7 Å². The summed E-state index contributed by atoms with van der Waals surface area (Å²) in [6.45, 7) is 6.35. The number of unbranched alkanes of at least 4 members (excludes halogenated alkanes) is 1. The number of nitrogens with zero attached hydrogens (tertiary/aromatic N) is 3. The van der Waals surface area contributed by atoms with E-state index in [9.17, 15) is 0 Å². The van der Waals surface area contributed by atoms with Crippen molar-refractivity contribution < 1.29 is 0 Å². The Balaban J connectivity index is 3.74. The Labute approximate surface area is 63.2 Å². The second-order valence-corrected chi connectivity index (χ2v) is 7.43. The van der Waals surface area contributed by atoms with Gasteiger partial charge in [-0.15, -0.1) is 4.78 Å². The first-order valence-electron chi connectivity index (χ1n) is 3.68. The molecule has 0 bridgehead atoms. The van der Waals surface area contributed by atoms with E-state index in [0.29, 0.717) is 0 Å². The zero-order valence-corrected chi connectivity index (χ0v) is 7.96. The minimum Gasteiger partial charge on any atom is -0.124 e. The maximum absolute atomic E-state index is 8.19. The van der Waals surface area contributed by atoms with Gasteiger partial charge in [-0.3, -0.25) is 0 Å². The summed E-state index contributed by atoms with van der Waals surface area (Å²) >= 11 is 0. The topological polar surface area (TPSA) is 48.8 Å². The fraction of sp³-hybridized carbons (Fsp3) is 1.00. The van der Waals surface area contributed by atoms with E-state index >= 15 is 0 Å². The lowest BCUT2D eigenvalue weighted by molar-refractivity contribution is 0.865. The SMILES string of the molecule is CCCC[Si](C)(C)N=[N+]=[N-]. The number of hydrogen-bond acceptors (Lipinski definition) is 1. The van der Waals surface area contributed by atoms with Crippen LogP contribution in [0, 0.1) is 0 Å². The van der Waals surface area contributed by atoms with Crippen LogP contribution in [0.3, 0.4) is 0 Å². The molecule has 0 aliphatic rings. The van der Waals surface area contributed by atoms with Gasteiger partial charge in [0.2, 0.25) is 0 Å². The zero-order valence-electron chi connectivity index (χ0n) is 6.96. The van der Waals surface area contributed by atoms with Crippen molar-refractivity contribution in [1.29, 1.82) is 0 Å². The smallest absolute Gasteiger partial charge is 0.124 e. The van der Waals surface area contributed by atoms with Gasteiger partial charge < -0.3 is 0 Å². The molecule has 3 nitrogen and oxygen atoms in total. The summed E-state index contributed by atoms with van der Waals surface area (Å²) in [4.78, 5) is 2.85. The molecule has 10 heavy (non-hydrogen) atoms. The first-order valence-corrected chi connectivity index (χ1v) is 6.84. The Hall–Kier alpha value is -0.473. The van der Waals surface area contributed by atoms with Gasteiger partial charge in [0.15, 0.2) is 0 Å². The van der Waals surface area contributed by atoms with Crippen LogP contribution in [0.4, 0.5) is 0 Å². The van der Waals surface area contributed by atoms with E-state index in [-0.39, 0.29) is 0 Å². The Kier molecular flexibility index (Phi) is 4.15. The second-order valence-electron chi connectivity index (χ2n) is 3.11. The highest BCUT2D eigenvalue weighted by atomic mass is 28.3. The monoisotopic (exact) mass is 157 g/mol. The third-order valence-corrected chi connectivity index (χ3v) is 3.67. The largest absolute Gasteiger partial charge is 0.149 e. The summed E-state index contributed by atoms with van der Waals surface area (Å²) in [6.07, 6.45) is 2.38. The highest BCUT2D eigenvalue weighted by Crippen LogP contribution is 2.14. The molecule has 0 atom stereocenters. The van der Waals surface area contributed by atoms with Crippen LogP contribution in [0.25, 0.3) is 10.4 Å². The number of rotatable bonds is 4. The molecule has 4 heteroatoms. The number of azide groups is 1. The van der Waals surface area contributed by atoms with Gasteiger partial charge in [-0.25, -0.2) is 0 Å². The lowest BCUT2D eigenvalue weighted by Gasteiger charge is -2.12. The summed E-state index contributed by atoms with van der Waals surface area (Å²) < 4.78 is 3.81. The van der Waals surface area contributed by atoms with Crippen LogP contribution in [0.15, 0.2) is 4.78 Å². The summed E-state index contributed by atoms with van der Waals surface area (Å²) in [5.74, 6) is 0. The van der Waals surface area contributed by atoms with Gasteiger partial charge in [-0.1, -0.05) is 38.9 Å². The van der Waals surface area contributed by atoms with E-state index in [1.807, 2.05) is 0 Å². The molecule has 0 heterocycles. The maximum atomic E-state index is 8.19. The van der Waals surface area contributed by atoms with Gasteiger partial charge in [0.1, 0.15) is 8.24 Å². The average molecular weight is 157 g/mol. The van der Waals surface area contributed by atoms with Crippen LogP contribution < -0.4 is 0 Å². The molecule has 0 aliphatic carbocycles. The summed E-state index contributed by atoms with van der Waals surface area (Å²) in [5.41, 5.74) is 8.19. The van der Waals surface area contributed by atoms with Crippen LogP contribution in [0.5, 0.6) is 0 Å². The zero-order chi connectivity index (χ0) is 8.04. The quantitative estimate of drug-likeness (QED) is 0.260. The van der Waals surface area contributed by atoms with Crippen molar-refractivity contribution >= 4 is 8.24 Å². The molecule has 0 saturated carbocycles. The predicted octanol–water partition coefficient (Wildman–Crippen LogP) is 3.30. The fourth-order valence-electron chi connectivity index (χ4n) is 0.780. The van der Waals surface area contributed by atoms with Crippen molar-refractivity contribution in [3.05, 3.63) is 10.4 Å². The average Bonchev–Trinajstić information content (AvgIpc) is 1.84. The van der Waals surface area contributed by atoms with Crippen LogP contribution in [0.1, 0.15) is 19.8 Å². The minimum atomic E-state index is -1.52. The van der Waals surface area contributed by atoms with Gasteiger partial charge >= 0.3 is 0 Å². The van der Waals surface area contributed by atoms with Gasteiger partial charge in [-0.2, -0.15) is 0 Å². The molecular weight excluding hydrogens is 142 g/mol. The van der Waals surface area contributed by atoms with Gasteiger partial charge in [0.25, 0.3) is 0 Å².